The van der Waals surface area contributed by atoms with Crippen LogP contribution in [0.3, 0.4) is 0 Å². The second-order valence-electron chi connectivity index (χ2n) is 6.31. The highest BCUT2D eigenvalue weighted by molar-refractivity contribution is 6.30. The molecule has 0 spiro atoms. The summed E-state index contributed by atoms with van der Waals surface area (Å²) < 4.78 is 4.80. The van der Waals surface area contributed by atoms with Gasteiger partial charge < -0.3 is 15.0 Å². The number of anilines is 1. The summed E-state index contributed by atoms with van der Waals surface area (Å²) in [7, 11) is 1.37. The third-order valence-corrected chi connectivity index (χ3v) is 4.66. The molecule has 2 amide bonds. The number of urea groups is 1. The number of esters is 1. The van der Waals surface area contributed by atoms with Gasteiger partial charge in [-0.05, 0) is 31.0 Å². The van der Waals surface area contributed by atoms with Crippen LogP contribution in [0.5, 0.6) is 0 Å². The number of ether oxygens (including phenoxy) is 1. The summed E-state index contributed by atoms with van der Waals surface area (Å²) in [6.45, 7) is 2.14. The van der Waals surface area contributed by atoms with E-state index in [4.69, 9.17) is 16.3 Å². The molecule has 1 N–H and O–H groups in total. The van der Waals surface area contributed by atoms with Crippen LogP contribution in [-0.4, -0.2) is 36.6 Å². The SMILES string of the molecule is COC(=O)C(C)CN(C(=O)Nc1cccc(Cl)c1)C1CCCCC1. The first-order valence-corrected chi connectivity index (χ1v) is 8.80. The van der Waals surface area contributed by atoms with Crippen molar-refractivity contribution in [1.82, 2.24) is 4.90 Å². The fraction of sp³-hybridized carbons (Fsp3) is 0.556. The highest BCUT2D eigenvalue weighted by atomic mass is 35.5. The van der Waals surface area contributed by atoms with Crippen molar-refractivity contribution < 1.29 is 14.3 Å². The molecule has 0 aromatic heterocycles. The average Bonchev–Trinajstić information content (AvgIpc) is 2.59. The van der Waals surface area contributed by atoms with Gasteiger partial charge in [-0.1, -0.05) is 43.9 Å². The Morgan fingerprint density at radius 1 is 1.33 bits per heavy atom. The topological polar surface area (TPSA) is 58.6 Å². The minimum Gasteiger partial charge on any atom is -0.469 e. The largest absolute Gasteiger partial charge is 0.469 e. The number of halogens is 1. The fourth-order valence-corrected chi connectivity index (χ4v) is 3.31. The lowest BCUT2D eigenvalue weighted by molar-refractivity contribution is -0.145. The molecule has 1 aromatic carbocycles. The molecule has 132 valence electrons. The quantitative estimate of drug-likeness (QED) is 0.803. The minimum absolute atomic E-state index is 0.157. The van der Waals surface area contributed by atoms with E-state index in [1.807, 2.05) is 0 Å². The summed E-state index contributed by atoms with van der Waals surface area (Å²) in [6, 6.07) is 7.02. The Morgan fingerprint density at radius 3 is 2.67 bits per heavy atom. The van der Waals surface area contributed by atoms with Crippen molar-refractivity contribution in [3.05, 3.63) is 29.3 Å². The van der Waals surface area contributed by atoms with Gasteiger partial charge in [0.1, 0.15) is 0 Å². The Labute approximate surface area is 148 Å². The van der Waals surface area contributed by atoms with Gasteiger partial charge in [-0.2, -0.15) is 0 Å². The molecule has 5 nitrogen and oxygen atoms in total. The van der Waals surface area contributed by atoms with Gasteiger partial charge in [0.25, 0.3) is 0 Å². The third kappa shape index (κ3) is 5.13. The molecule has 24 heavy (non-hydrogen) atoms. The molecular weight excluding hydrogens is 328 g/mol. The molecule has 0 saturated heterocycles. The van der Waals surface area contributed by atoms with Gasteiger partial charge in [0.05, 0.1) is 13.0 Å². The maximum absolute atomic E-state index is 12.8. The number of benzene rings is 1. The number of amides is 2. The molecule has 1 aromatic rings. The Kier molecular flexibility index (Phi) is 6.91. The van der Waals surface area contributed by atoms with Crippen LogP contribution in [0.2, 0.25) is 5.02 Å². The summed E-state index contributed by atoms with van der Waals surface area (Å²) in [4.78, 5) is 26.3. The molecule has 2 rings (SSSR count). The first kappa shape index (κ1) is 18.6. The van der Waals surface area contributed by atoms with Crippen LogP contribution in [0.4, 0.5) is 10.5 Å². The zero-order chi connectivity index (χ0) is 17.5. The monoisotopic (exact) mass is 352 g/mol. The molecule has 1 saturated carbocycles. The molecule has 1 aliphatic rings. The van der Waals surface area contributed by atoms with Crippen LogP contribution in [-0.2, 0) is 9.53 Å². The standard InChI is InChI=1S/C18H25ClN2O3/c1-13(17(22)24-2)12-21(16-9-4-3-5-10-16)18(23)20-15-8-6-7-14(19)11-15/h6-8,11,13,16H,3-5,9-10,12H2,1-2H3,(H,20,23). The molecule has 1 fully saturated rings. The predicted octanol–water partition coefficient (Wildman–Crippen LogP) is 4.32. The van der Waals surface area contributed by atoms with Crippen molar-refractivity contribution in [3.8, 4) is 0 Å². The molecule has 0 radical (unpaired) electrons. The first-order valence-electron chi connectivity index (χ1n) is 8.42. The van der Waals surface area contributed by atoms with E-state index < -0.39 is 0 Å². The lowest BCUT2D eigenvalue weighted by Gasteiger charge is -2.35. The Hall–Kier alpha value is -1.75. The maximum atomic E-state index is 12.8. The van der Waals surface area contributed by atoms with E-state index in [0.717, 1.165) is 25.7 Å². The van der Waals surface area contributed by atoms with Crippen molar-refractivity contribution in [1.29, 1.82) is 0 Å². The van der Waals surface area contributed by atoms with Gasteiger partial charge in [-0.3, -0.25) is 4.79 Å². The van der Waals surface area contributed by atoms with Crippen LogP contribution < -0.4 is 5.32 Å². The van der Waals surface area contributed by atoms with Gasteiger partial charge in [0.2, 0.25) is 0 Å². The maximum Gasteiger partial charge on any atom is 0.322 e. The number of hydrogen-bond acceptors (Lipinski definition) is 3. The van der Waals surface area contributed by atoms with Crippen molar-refractivity contribution in [3.63, 3.8) is 0 Å². The van der Waals surface area contributed by atoms with Crippen molar-refractivity contribution in [2.24, 2.45) is 5.92 Å². The zero-order valence-corrected chi connectivity index (χ0v) is 15.0. The van der Waals surface area contributed by atoms with Crippen LogP contribution in [0.15, 0.2) is 24.3 Å². The number of nitrogens with zero attached hydrogens (tertiary/aromatic N) is 1. The molecular formula is C18H25ClN2O3. The third-order valence-electron chi connectivity index (χ3n) is 4.43. The predicted molar refractivity (Wildman–Crippen MR) is 95.2 cm³/mol. The highest BCUT2D eigenvalue weighted by Gasteiger charge is 2.29. The van der Waals surface area contributed by atoms with Crippen LogP contribution >= 0.6 is 11.6 Å². The Balaban J connectivity index is 2.10. The van der Waals surface area contributed by atoms with E-state index in [-0.39, 0.29) is 24.0 Å². The number of methoxy groups -OCH3 is 1. The highest BCUT2D eigenvalue weighted by Crippen LogP contribution is 2.25. The molecule has 1 atom stereocenters. The Morgan fingerprint density at radius 2 is 2.04 bits per heavy atom. The molecule has 0 bridgehead atoms. The van der Waals surface area contributed by atoms with Gasteiger partial charge >= 0.3 is 12.0 Å². The van der Waals surface area contributed by atoms with Gasteiger partial charge in [-0.25, -0.2) is 4.79 Å². The second kappa shape index (κ2) is 8.92. The summed E-state index contributed by atoms with van der Waals surface area (Å²) >= 11 is 5.98. The summed E-state index contributed by atoms with van der Waals surface area (Å²) in [6.07, 6.45) is 5.36. The molecule has 6 heteroatoms. The summed E-state index contributed by atoms with van der Waals surface area (Å²) in [5.74, 6) is -0.659. The minimum atomic E-state index is -0.359. The van der Waals surface area contributed by atoms with Crippen molar-refractivity contribution in [2.75, 3.05) is 19.0 Å². The summed E-state index contributed by atoms with van der Waals surface area (Å²) in [5.41, 5.74) is 0.652. The van der Waals surface area contributed by atoms with E-state index in [1.54, 1.807) is 36.1 Å². The first-order chi connectivity index (χ1) is 11.5. The van der Waals surface area contributed by atoms with E-state index in [9.17, 15) is 9.59 Å². The normalized spacial score (nSPS) is 16.3. The zero-order valence-electron chi connectivity index (χ0n) is 14.3. The van der Waals surface area contributed by atoms with Gasteiger partial charge in [-0.15, -0.1) is 0 Å². The molecule has 1 aliphatic carbocycles. The Bertz CT molecular complexity index is 573. The van der Waals surface area contributed by atoms with Crippen LogP contribution in [0.25, 0.3) is 0 Å². The lowest BCUT2D eigenvalue weighted by Crippen LogP contribution is -2.47. The van der Waals surface area contributed by atoms with Crippen molar-refractivity contribution >= 4 is 29.3 Å². The van der Waals surface area contributed by atoms with Gasteiger partial charge in [0, 0.05) is 23.3 Å². The molecule has 0 heterocycles. The van der Waals surface area contributed by atoms with Gasteiger partial charge in [0.15, 0.2) is 0 Å². The van der Waals surface area contributed by atoms with Crippen LogP contribution in [0.1, 0.15) is 39.0 Å². The fourth-order valence-electron chi connectivity index (χ4n) is 3.12. The molecule has 1 unspecified atom stereocenters. The number of rotatable bonds is 5. The van der Waals surface area contributed by atoms with Crippen LogP contribution in [0, 0.1) is 5.92 Å². The summed E-state index contributed by atoms with van der Waals surface area (Å²) in [5, 5.41) is 3.46. The number of carbonyl (C=O) groups excluding carboxylic acids is 2. The van der Waals surface area contributed by atoms with E-state index in [1.165, 1.54) is 13.5 Å². The average molecular weight is 353 g/mol. The second-order valence-corrected chi connectivity index (χ2v) is 6.75. The number of hydrogen-bond donors (Lipinski definition) is 1. The molecule has 0 aliphatic heterocycles. The van der Waals surface area contributed by atoms with E-state index in [2.05, 4.69) is 5.32 Å². The van der Waals surface area contributed by atoms with Crippen molar-refractivity contribution in [2.45, 2.75) is 45.1 Å². The van der Waals surface area contributed by atoms with E-state index in [0.29, 0.717) is 17.3 Å². The number of nitrogens with one attached hydrogen (secondary N) is 1. The lowest BCUT2D eigenvalue weighted by atomic mass is 9.93. The van der Waals surface area contributed by atoms with E-state index >= 15 is 0 Å². The number of carbonyl (C=O) groups is 2. The smallest absolute Gasteiger partial charge is 0.322 e.